The van der Waals surface area contributed by atoms with Gasteiger partial charge in [0, 0.05) is 18.7 Å². The van der Waals surface area contributed by atoms with Gasteiger partial charge in [0.15, 0.2) is 0 Å². The first kappa shape index (κ1) is 17.7. The quantitative estimate of drug-likeness (QED) is 0.894. The monoisotopic (exact) mass is 325 g/mol. The minimum Gasteiger partial charge on any atom is -0.444 e. The van der Waals surface area contributed by atoms with Crippen LogP contribution in [-0.4, -0.2) is 53.6 Å². The molecule has 1 N–H and O–H groups in total. The lowest BCUT2D eigenvalue weighted by Crippen LogP contribution is -2.52. The second-order valence-corrected chi connectivity index (χ2v) is 6.90. The van der Waals surface area contributed by atoms with E-state index in [1.54, 1.807) is 11.1 Å². The number of morpholine rings is 1. The highest BCUT2D eigenvalue weighted by molar-refractivity contribution is 5.68. The number of nitrogens with zero attached hydrogens (tertiary/aromatic N) is 2. The molecule has 1 amide bonds. The van der Waals surface area contributed by atoms with E-state index in [1.165, 1.54) is 0 Å². The fourth-order valence-corrected chi connectivity index (χ4v) is 2.51. The second-order valence-electron chi connectivity index (χ2n) is 6.90. The van der Waals surface area contributed by atoms with Gasteiger partial charge in [-0.2, -0.15) is 0 Å². The van der Waals surface area contributed by atoms with Gasteiger partial charge in [0.05, 0.1) is 32.0 Å². The summed E-state index contributed by atoms with van der Waals surface area (Å²) in [6.45, 7) is 9.98. The third kappa shape index (κ3) is 5.84. The maximum Gasteiger partial charge on any atom is 0.410 e. The van der Waals surface area contributed by atoms with E-state index < -0.39 is 5.60 Å². The van der Waals surface area contributed by atoms with E-state index in [0.29, 0.717) is 26.3 Å². The fraction of sp³-hybridized carbons (Fsp3) is 0.750. The number of nitrogens with one attached hydrogen (secondary N) is 1. The number of rotatable bonds is 5. The molecule has 0 aliphatic carbocycles. The van der Waals surface area contributed by atoms with Gasteiger partial charge in [-0.05, 0) is 34.1 Å². The molecule has 2 heterocycles. The zero-order chi connectivity index (χ0) is 16.9. The molecule has 0 radical (unpaired) electrons. The predicted molar refractivity (Wildman–Crippen MR) is 85.0 cm³/mol. The van der Waals surface area contributed by atoms with Gasteiger partial charge in [-0.3, -0.25) is 0 Å². The molecule has 1 aliphatic heterocycles. The van der Waals surface area contributed by atoms with Crippen molar-refractivity contribution in [3.8, 4) is 0 Å². The first-order valence-corrected chi connectivity index (χ1v) is 8.05. The zero-order valence-electron chi connectivity index (χ0n) is 14.4. The summed E-state index contributed by atoms with van der Waals surface area (Å²) in [5.74, 6) is 0.792. The molecule has 0 bridgehead atoms. The molecule has 7 nitrogen and oxygen atoms in total. The summed E-state index contributed by atoms with van der Waals surface area (Å²) < 4.78 is 16.1. The molecule has 0 aromatic carbocycles. The average molecular weight is 325 g/mol. The van der Waals surface area contributed by atoms with E-state index in [0.717, 1.165) is 12.2 Å². The van der Waals surface area contributed by atoms with Crippen LogP contribution in [0.25, 0.3) is 0 Å². The fourth-order valence-electron chi connectivity index (χ4n) is 2.51. The van der Waals surface area contributed by atoms with Crippen molar-refractivity contribution in [1.82, 2.24) is 15.4 Å². The molecular formula is C16H27N3O4. The van der Waals surface area contributed by atoms with Gasteiger partial charge in [0.1, 0.15) is 11.4 Å². The summed E-state index contributed by atoms with van der Waals surface area (Å²) in [4.78, 5) is 14.1. The molecule has 1 saturated heterocycles. The number of hydrogen-bond acceptors (Lipinski definition) is 6. The van der Waals surface area contributed by atoms with Gasteiger partial charge in [-0.15, -0.1) is 0 Å². The Bertz CT molecular complexity index is 484. The van der Waals surface area contributed by atoms with Crippen molar-refractivity contribution < 1.29 is 18.8 Å². The Morgan fingerprint density at radius 2 is 2.35 bits per heavy atom. The van der Waals surface area contributed by atoms with Crippen LogP contribution in [0.5, 0.6) is 0 Å². The molecule has 1 fully saturated rings. The number of amides is 1. The topological polar surface area (TPSA) is 76.8 Å². The van der Waals surface area contributed by atoms with Gasteiger partial charge in [0.25, 0.3) is 0 Å². The lowest BCUT2D eigenvalue weighted by Gasteiger charge is -2.37. The minimum atomic E-state index is -0.490. The smallest absolute Gasteiger partial charge is 0.410 e. The van der Waals surface area contributed by atoms with Crippen molar-refractivity contribution in [3.63, 3.8) is 0 Å². The lowest BCUT2D eigenvalue weighted by atomic mass is 10.1. The summed E-state index contributed by atoms with van der Waals surface area (Å²) in [5.41, 5.74) is -0.490. The largest absolute Gasteiger partial charge is 0.444 e. The molecule has 7 heteroatoms. The Balaban J connectivity index is 1.86. The van der Waals surface area contributed by atoms with Crippen LogP contribution >= 0.6 is 0 Å². The van der Waals surface area contributed by atoms with Crippen molar-refractivity contribution in [1.29, 1.82) is 0 Å². The first-order valence-electron chi connectivity index (χ1n) is 8.05. The van der Waals surface area contributed by atoms with E-state index in [1.807, 2.05) is 26.8 Å². The van der Waals surface area contributed by atoms with Gasteiger partial charge >= 0.3 is 6.09 Å². The van der Waals surface area contributed by atoms with E-state index in [4.69, 9.17) is 14.0 Å². The summed E-state index contributed by atoms with van der Waals surface area (Å²) in [5, 5.41) is 7.05. The van der Waals surface area contributed by atoms with Crippen LogP contribution in [0.15, 0.2) is 16.8 Å². The van der Waals surface area contributed by atoms with Crippen molar-refractivity contribution >= 4 is 6.09 Å². The lowest BCUT2D eigenvalue weighted by molar-refractivity contribution is -0.0356. The number of ether oxygens (including phenoxy) is 2. The number of aromatic nitrogens is 1. The highest BCUT2D eigenvalue weighted by atomic mass is 16.6. The average Bonchev–Trinajstić information content (AvgIpc) is 2.97. The van der Waals surface area contributed by atoms with Gasteiger partial charge in [-0.1, -0.05) is 5.16 Å². The van der Waals surface area contributed by atoms with E-state index in [9.17, 15) is 4.79 Å². The van der Waals surface area contributed by atoms with Gasteiger partial charge in [0.2, 0.25) is 0 Å². The molecule has 130 valence electrons. The molecule has 1 aliphatic rings. The summed E-state index contributed by atoms with van der Waals surface area (Å²) in [6.07, 6.45) is 2.14. The zero-order valence-corrected chi connectivity index (χ0v) is 14.4. The maximum atomic E-state index is 12.4. The van der Waals surface area contributed by atoms with E-state index in [2.05, 4.69) is 17.4 Å². The van der Waals surface area contributed by atoms with E-state index in [-0.39, 0.29) is 18.2 Å². The van der Waals surface area contributed by atoms with Crippen molar-refractivity contribution in [2.24, 2.45) is 0 Å². The molecule has 2 unspecified atom stereocenters. The molecule has 1 aromatic rings. The molecule has 0 spiro atoms. The van der Waals surface area contributed by atoms with Crippen LogP contribution in [0.3, 0.4) is 0 Å². The highest BCUT2D eigenvalue weighted by Crippen LogP contribution is 2.17. The van der Waals surface area contributed by atoms with Gasteiger partial charge in [-0.25, -0.2) is 4.79 Å². The Hall–Kier alpha value is -1.60. The third-order valence-electron chi connectivity index (χ3n) is 3.60. The van der Waals surface area contributed by atoms with Crippen LogP contribution in [0.4, 0.5) is 4.79 Å². The predicted octanol–water partition coefficient (Wildman–Crippen LogP) is 2.18. The summed E-state index contributed by atoms with van der Waals surface area (Å²) in [7, 11) is 0. The Morgan fingerprint density at radius 3 is 3.00 bits per heavy atom. The Kier molecular flexibility index (Phi) is 6.01. The molecular weight excluding hydrogens is 298 g/mol. The standard InChI is InChI=1S/C16H27N3O4/c1-12(17-10-14-5-6-18-23-14)9-13-11-21-8-7-19(13)15(20)22-16(2,3)4/h5-6,12-13,17H,7-11H2,1-4H3. The minimum absolute atomic E-state index is 0.0100. The normalized spacial score (nSPS) is 20.3. The first-order chi connectivity index (χ1) is 10.8. The number of hydrogen-bond donors (Lipinski definition) is 1. The Labute approximate surface area is 137 Å². The van der Waals surface area contributed by atoms with Crippen LogP contribution in [-0.2, 0) is 16.0 Å². The van der Waals surface area contributed by atoms with Crippen molar-refractivity contribution in [3.05, 3.63) is 18.0 Å². The third-order valence-corrected chi connectivity index (χ3v) is 3.60. The van der Waals surface area contributed by atoms with Crippen LogP contribution in [0, 0.1) is 0 Å². The highest BCUT2D eigenvalue weighted by Gasteiger charge is 2.31. The van der Waals surface area contributed by atoms with Crippen LogP contribution < -0.4 is 5.32 Å². The molecule has 0 saturated carbocycles. The molecule has 2 atom stereocenters. The SMILES string of the molecule is CC(CC1COCCN1C(=O)OC(C)(C)C)NCc1ccno1. The molecule has 1 aromatic heterocycles. The summed E-state index contributed by atoms with van der Waals surface area (Å²) in [6, 6.07) is 2.05. The van der Waals surface area contributed by atoms with E-state index >= 15 is 0 Å². The van der Waals surface area contributed by atoms with Gasteiger partial charge < -0.3 is 24.2 Å². The van der Waals surface area contributed by atoms with Crippen LogP contribution in [0.1, 0.15) is 39.9 Å². The second kappa shape index (κ2) is 7.79. The maximum absolute atomic E-state index is 12.4. The molecule has 23 heavy (non-hydrogen) atoms. The van der Waals surface area contributed by atoms with Crippen molar-refractivity contribution in [2.45, 2.75) is 58.3 Å². The number of carbonyl (C=O) groups is 1. The van der Waals surface area contributed by atoms with Crippen molar-refractivity contribution in [2.75, 3.05) is 19.8 Å². The Morgan fingerprint density at radius 1 is 1.57 bits per heavy atom. The number of carbonyl (C=O) groups excluding carboxylic acids is 1. The summed E-state index contributed by atoms with van der Waals surface area (Å²) >= 11 is 0. The molecule has 2 rings (SSSR count). The van der Waals surface area contributed by atoms with Crippen LogP contribution in [0.2, 0.25) is 0 Å².